The molecule has 0 spiro atoms. The number of hydrogen-bond acceptors (Lipinski definition) is 2. The molecule has 0 radical (unpaired) electrons. The summed E-state index contributed by atoms with van der Waals surface area (Å²) in [5.41, 5.74) is 0. The molecule has 16 heavy (non-hydrogen) atoms. The molecule has 2 unspecified atom stereocenters. The van der Waals surface area contributed by atoms with Gasteiger partial charge in [0.1, 0.15) is 0 Å². The molecule has 2 atom stereocenters. The van der Waals surface area contributed by atoms with E-state index in [1.165, 1.54) is 45.3 Å². The molecular formula is C14H30N2. The van der Waals surface area contributed by atoms with Crippen LogP contribution in [-0.4, -0.2) is 36.6 Å². The maximum absolute atomic E-state index is 3.57. The first-order valence-corrected chi connectivity index (χ1v) is 7.16. The smallest absolute Gasteiger partial charge is 0.00950 e. The van der Waals surface area contributed by atoms with Gasteiger partial charge in [0, 0.05) is 12.1 Å². The zero-order valence-corrected chi connectivity index (χ0v) is 11.6. The van der Waals surface area contributed by atoms with Gasteiger partial charge in [-0.05, 0) is 52.2 Å². The number of rotatable bonds is 4. The van der Waals surface area contributed by atoms with Crippen molar-refractivity contribution in [2.45, 2.75) is 65.5 Å². The highest BCUT2D eigenvalue weighted by atomic mass is 15.2. The summed E-state index contributed by atoms with van der Waals surface area (Å²) in [5.74, 6) is 0.877. The zero-order valence-electron chi connectivity index (χ0n) is 11.6. The van der Waals surface area contributed by atoms with Crippen molar-refractivity contribution >= 4 is 0 Å². The van der Waals surface area contributed by atoms with Gasteiger partial charge in [0.25, 0.3) is 0 Å². The highest BCUT2D eigenvalue weighted by Crippen LogP contribution is 2.19. The second-order valence-corrected chi connectivity index (χ2v) is 5.35. The molecule has 1 rings (SSSR count). The molecule has 0 aromatic rings. The minimum Gasteiger partial charge on any atom is -0.314 e. The third-order valence-corrected chi connectivity index (χ3v) is 4.27. The van der Waals surface area contributed by atoms with E-state index in [9.17, 15) is 0 Å². The van der Waals surface area contributed by atoms with Crippen LogP contribution in [-0.2, 0) is 0 Å². The van der Waals surface area contributed by atoms with Crippen LogP contribution in [0, 0.1) is 5.92 Å². The summed E-state index contributed by atoms with van der Waals surface area (Å²) >= 11 is 0. The molecule has 0 aliphatic carbocycles. The first-order chi connectivity index (χ1) is 7.69. The molecule has 0 aromatic heterocycles. The molecule has 2 heteroatoms. The van der Waals surface area contributed by atoms with Gasteiger partial charge in [-0.15, -0.1) is 0 Å². The molecule has 1 saturated heterocycles. The van der Waals surface area contributed by atoms with Crippen LogP contribution in [0.4, 0.5) is 0 Å². The van der Waals surface area contributed by atoms with Crippen LogP contribution in [0.15, 0.2) is 0 Å². The third-order valence-electron chi connectivity index (χ3n) is 4.27. The first-order valence-electron chi connectivity index (χ1n) is 7.16. The van der Waals surface area contributed by atoms with Gasteiger partial charge in [0.15, 0.2) is 0 Å². The molecule has 0 amide bonds. The Morgan fingerprint density at radius 1 is 1.25 bits per heavy atom. The molecule has 1 aliphatic heterocycles. The lowest BCUT2D eigenvalue weighted by atomic mass is 9.93. The topological polar surface area (TPSA) is 15.3 Å². The van der Waals surface area contributed by atoms with Crippen LogP contribution in [0.3, 0.4) is 0 Å². The van der Waals surface area contributed by atoms with E-state index in [0.29, 0.717) is 6.04 Å². The van der Waals surface area contributed by atoms with Crippen molar-refractivity contribution in [3.05, 3.63) is 0 Å². The Morgan fingerprint density at radius 2 is 1.94 bits per heavy atom. The molecule has 2 nitrogen and oxygen atoms in total. The van der Waals surface area contributed by atoms with E-state index in [2.05, 4.69) is 37.9 Å². The van der Waals surface area contributed by atoms with Gasteiger partial charge in [-0.3, -0.25) is 0 Å². The minimum atomic E-state index is 0.691. The molecule has 1 aliphatic rings. The fraction of sp³-hybridized carbons (Fsp3) is 1.00. The number of nitrogens with one attached hydrogen (secondary N) is 1. The fourth-order valence-corrected chi connectivity index (χ4v) is 2.88. The number of hydrogen-bond donors (Lipinski definition) is 1. The lowest BCUT2D eigenvalue weighted by Gasteiger charge is -2.36. The summed E-state index contributed by atoms with van der Waals surface area (Å²) in [5, 5.41) is 3.57. The first kappa shape index (κ1) is 14.0. The second-order valence-electron chi connectivity index (χ2n) is 5.35. The van der Waals surface area contributed by atoms with Gasteiger partial charge < -0.3 is 10.2 Å². The maximum atomic E-state index is 3.57. The van der Waals surface area contributed by atoms with Crippen LogP contribution in [0.2, 0.25) is 0 Å². The predicted octanol–water partition coefficient (Wildman–Crippen LogP) is 2.89. The monoisotopic (exact) mass is 226 g/mol. The lowest BCUT2D eigenvalue weighted by molar-refractivity contribution is 0.132. The van der Waals surface area contributed by atoms with E-state index >= 15 is 0 Å². The summed E-state index contributed by atoms with van der Waals surface area (Å²) in [6.45, 7) is 13.1. The lowest BCUT2D eigenvalue weighted by Crippen LogP contribution is -2.44. The van der Waals surface area contributed by atoms with Crippen LogP contribution < -0.4 is 5.32 Å². The minimum absolute atomic E-state index is 0.691. The molecule has 0 aromatic carbocycles. The van der Waals surface area contributed by atoms with Crippen molar-refractivity contribution in [2.75, 3.05) is 19.6 Å². The average Bonchev–Trinajstić information content (AvgIpc) is 2.25. The summed E-state index contributed by atoms with van der Waals surface area (Å²) in [6, 6.07) is 1.46. The highest BCUT2D eigenvalue weighted by molar-refractivity contribution is 4.78. The Morgan fingerprint density at radius 3 is 2.56 bits per heavy atom. The van der Waals surface area contributed by atoms with Crippen molar-refractivity contribution in [1.82, 2.24) is 10.2 Å². The van der Waals surface area contributed by atoms with Crippen LogP contribution in [0.5, 0.6) is 0 Å². The van der Waals surface area contributed by atoms with Gasteiger partial charge in [-0.25, -0.2) is 0 Å². The summed E-state index contributed by atoms with van der Waals surface area (Å²) in [7, 11) is 0. The van der Waals surface area contributed by atoms with E-state index in [0.717, 1.165) is 12.0 Å². The second kappa shape index (κ2) is 7.29. The van der Waals surface area contributed by atoms with Gasteiger partial charge in [0.05, 0.1) is 0 Å². The Labute approximate surface area is 102 Å². The van der Waals surface area contributed by atoms with Crippen molar-refractivity contribution in [1.29, 1.82) is 0 Å². The molecular weight excluding hydrogens is 196 g/mol. The summed E-state index contributed by atoms with van der Waals surface area (Å²) < 4.78 is 0. The number of nitrogens with zero attached hydrogens (tertiary/aromatic N) is 1. The van der Waals surface area contributed by atoms with Crippen LogP contribution >= 0.6 is 0 Å². The summed E-state index contributed by atoms with van der Waals surface area (Å²) in [4.78, 5) is 2.72. The fourth-order valence-electron chi connectivity index (χ4n) is 2.88. The van der Waals surface area contributed by atoms with E-state index < -0.39 is 0 Å². The standard InChI is InChI=1S/C14H30N2/c1-5-14(6-2)13(4)16-10-7-9-15-12(3)8-11-16/h12-15H,5-11H2,1-4H3. The normalized spacial score (nSPS) is 26.4. The molecule has 0 bridgehead atoms. The Hall–Kier alpha value is -0.0800. The van der Waals surface area contributed by atoms with Crippen molar-refractivity contribution in [3.8, 4) is 0 Å². The van der Waals surface area contributed by atoms with Crippen molar-refractivity contribution < 1.29 is 0 Å². The van der Waals surface area contributed by atoms with Gasteiger partial charge >= 0.3 is 0 Å². The van der Waals surface area contributed by atoms with Crippen molar-refractivity contribution in [3.63, 3.8) is 0 Å². The van der Waals surface area contributed by atoms with Gasteiger partial charge in [0.2, 0.25) is 0 Å². The Kier molecular flexibility index (Phi) is 6.37. The maximum Gasteiger partial charge on any atom is 0.00950 e. The molecule has 1 fully saturated rings. The zero-order chi connectivity index (χ0) is 12.0. The third kappa shape index (κ3) is 4.06. The Balaban J connectivity index is 2.48. The summed E-state index contributed by atoms with van der Waals surface area (Å²) in [6.07, 6.45) is 5.24. The van der Waals surface area contributed by atoms with E-state index in [1.54, 1.807) is 0 Å². The molecule has 96 valence electrons. The predicted molar refractivity (Wildman–Crippen MR) is 71.8 cm³/mol. The van der Waals surface area contributed by atoms with Crippen LogP contribution in [0.25, 0.3) is 0 Å². The van der Waals surface area contributed by atoms with E-state index in [1.807, 2.05) is 0 Å². The van der Waals surface area contributed by atoms with Crippen LogP contribution in [0.1, 0.15) is 53.4 Å². The molecule has 0 saturated carbocycles. The average molecular weight is 226 g/mol. The molecule has 1 N–H and O–H groups in total. The quantitative estimate of drug-likeness (QED) is 0.793. The van der Waals surface area contributed by atoms with E-state index in [4.69, 9.17) is 0 Å². The Bertz CT molecular complexity index is 178. The molecule has 1 heterocycles. The van der Waals surface area contributed by atoms with Crippen molar-refractivity contribution in [2.24, 2.45) is 5.92 Å². The van der Waals surface area contributed by atoms with Gasteiger partial charge in [-0.1, -0.05) is 26.7 Å². The van der Waals surface area contributed by atoms with E-state index in [-0.39, 0.29) is 0 Å². The van der Waals surface area contributed by atoms with Gasteiger partial charge in [-0.2, -0.15) is 0 Å². The highest BCUT2D eigenvalue weighted by Gasteiger charge is 2.22. The SMILES string of the molecule is CCC(CC)C(C)N1CCCNC(C)CC1. The largest absolute Gasteiger partial charge is 0.314 e.